The van der Waals surface area contributed by atoms with E-state index in [0.717, 1.165) is 6.42 Å². The van der Waals surface area contributed by atoms with E-state index in [9.17, 15) is 14.4 Å². The minimum absolute atomic E-state index is 0.0103. The number of imide groups is 1. The average Bonchev–Trinajstić information content (AvgIpc) is 2.83. The summed E-state index contributed by atoms with van der Waals surface area (Å²) in [4.78, 5) is 38.4. The first-order chi connectivity index (χ1) is 12.7. The third-order valence-corrected chi connectivity index (χ3v) is 4.93. The van der Waals surface area contributed by atoms with Gasteiger partial charge in [-0.2, -0.15) is 0 Å². The lowest BCUT2D eigenvalue weighted by molar-refractivity contribution is -0.131. The standard InChI is InChI=1S/C20H24N2O5/c1-12(2)7-8-20(3)18(24)22(19(25)21-20)11-13-9-17(23)27-16-10-14(26-4)5-6-15(13)16/h5-6,9-10,12H,7-8,11H2,1-4H3,(H,21,25)/t20-/m0/s1. The molecule has 7 nitrogen and oxygen atoms in total. The molecule has 0 spiro atoms. The van der Waals surface area contributed by atoms with E-state index in [1.54, 1.807) is 25.1 Å². The molecule has 0 radical (unpaired) electrons. The summed E-state index contributed by atoms with van der Waals surface area (Å²) in [6.07, 6.45) is 1.40. The van der Waals surface area contributed by atoms with E-state index in [2.05, 4.69) is 19.2 Å². The highest BCUT2D eigenvalue weighted by Gasteiger charge is 2.47. The van der Waals surface area contributed by atoms with Crippen LogP contribution in [0, 0.1) is 5.92 Å². The van der Waals surface area contributed by atoms with Crippen molar-refractivity contribution >= 4 is 22.9 Å². The first kappa shape index (κ1) is 18.9. The maximum absolute atomic E-state index is 12.9. The number of rotatable bonds is 6. The highest BCUT2D eigenvalue weighted by Crippen LogP contribution is 2.28. The van der Waals surface area contributed by atoms with Crippen molar-refractivity contribution in [3.05, 3.63) is 40.2 Å². The van der Waals surface area contributed by atoms with Gasteiger partial charge in [0.2, 0.25) is 0 Å². The molecule has 2 aromatic rings. The Kier molecular flexibility index (Phi) is 4.95. The van der Waals surface area contributed by atoms with Gasteiger partial charge in [-0.05, 0) is 43.4 Å². The van der Waals surface area contributed by atoms with Crippen LogP contribution in [0.4, 0.5) is 4.79 Å². The van der Waals surface area contributed by atoms with Gasteiger partial charge < -0.3 is 14.5 Å². The van der Waals surface area contributed by atoms with Gasteiger partial charge in [0, 0.05) is 17.5 Å². The topological polar surface area (TPSA) is 88.9 Å². The molecule has 144 valence electrons. The Bertz CT molecular complexity index is 949. The molecule has 1 aromatic carbocycles. The molecule has 0 saturated carbocycles. The molecular weight excluding hydrogens is 348 g/mol. The second-order valence-corrected chi connectivity index (χ2v) is 7.54. The summed E-state index contributed by atoms with van der Waals surface area (Å²) in [5, 5.41) is 3.46. The number of carbonyl (C=O) groups excluding carboxylic acids is 2. The predicted octanol–water partition coefficient (Wildman–Crippen LogP) is 3.05. The zero-order valence-electron chi connectivity index (χ0n) is 16.0. The number of carbonyl (C=O) groups is 2. The average molecular weight is 372 g/mol. The maximum Gasteiger partial charge on any atom is 0.336 e. The highest BCUT2D eigenvalue weighted by molar-refractivity contribution is 6.06. The Morgan fingerprint density at radius 2 is 1.96 bits per heavy atom. The third-order valence-electron chi connectivity index (χ3n) is 4.93. The summed E-state index contributed by atoms with van der Waals surface area (Å²) in [5.41, 5.74) is -0.549. The Balaban J connectivity index is 1.92. The van der Waals surface area contributed by atoms with Crippen LogP contribution in [0.3, 0.4) is 0 Å². The SMILES string of the molecule is COc1ccc2c(CN3C(=O)N[C@@](C)(CCC(C)C)C3=O)cc(=O)oc2c1. The van der Waals surface area contributed by atoms with Gasteiger partial charge in [0.25, 0.3) is 5.91 Å². The van der Waals surface area contributed by atoms with E-state index < -0.39 is 17.2 Å². The summed E-state index contributed by atoms with van der Waals surface area (Å²) in [6, 6.07) is 5.98. The van der Waals surface area contributed by atoms with Gasteiger partial charge >= 0.3 is 11.7 Å². The highest BCUT2D eigenvalue weighted by atomic mass is 16.5. The minimum atomic E-state index is -0.917. The smallest absolute Gasteiger partial charge is 0.336 e. The number of fused-ring (bicyclic) bond motifs is 1. The van der Waals surface area contributed by atoms with Crippen molar-refractivity contribution < 1.29 is 18.7 Å². The summed E-state index contributed by atoms with van der Waals surface area (Å²) in [6.45, 7) is 5.91. The fourth-order valence-electron chi connectivity index (χ4n) is 3.28. The summed E-state index contributed by atoms with van der Waals surface area (Å²) in [7, 11) is 1.52. The Morgan fingerprint density at radius 1 is 1.22 bits per heavy atom. The van der Waals surface area contributed by atoms with Crippen molar-refractivity contribution in [1.29, 1.82) is 0 Å². The van der Waals surface area contributed by atoms with Crippen molar-refractivity contribution in [2.45, 2.75) is 45.7 Å². The number of ether oxygens (including phenoxy) is 1. The van der Waals surface area contributed by atoms with Crippen LogP contribution in [0.25, 0.3) is 11.0 Å². The minimum Gasteiger partial charge on any atom is -0.497 e. The Labute approximate surface area is 157 Å². The summed E-state index contributed by atoms with van der Waals surface area (Å²) in [5.74, 6) is 0.709. The van der Waals surface area contributed by atoms with Crippen LogP contribution in [0.2, 0.25) is 0 Å². The summed E-state index contributed by atoms with van der Waals surface area (Å²) < 4.78 is 10.4. The number of nitrogens with one attached hydrogen (secondary N) is 1. The van der Waals surface area contributed by atoms with E-state index >= 15 is 0 Å². The molecule has 0 aliphatic carbocycles. The normalized spacial score (nSPS) is 19.8. The summed E-state index contributed by atoms with van der Waals surface area (Å²) >= 11 is 0. The van der Waals surface area contributed by atoms with Crippen LogP contribution in [0.5, 0.6) is 5.75 Å². The van der Waals surface area contributed by atoms with Crippen molar-refractivity contribution in [2.24, 2.45) is 5.92 Å². The monoisotopic (exact) mass is 372 g/mol. The number of hydrogen-bond donors (Lipinski definition) is 1. The van der Waals surface area contributed by atoms with E-state index in [0.29, 0.717) is 34.6 Å². The van der Waals surface area contributed by atoms with Crippen LogP contribution in [-0.4, -0.2) is 29.5 Å². The van der Waals surface area contributed by atoms with Gasteiger partial charge in [-0.3, -0.25) is 9.69 Å². The van der Waals surface area contributed by atoms with Crippen molar-refractivity contribution in [2.75, 3.05) is 7.11 Å². The first-order valence-electron chi connectivity index (χ1n) is 8.98. The maximum atomic E-state index is 12.9. The molecule has 1 N–H and O–H groups in total. The second-order valence-electron chi connectivity index (χ2n) is 7.54. The number of nitrogens with zero attached hydrogens (tertiary/aromatic N) is 1. The van der Waals surface area contributed by atoms with Crippen molar-refractivity contribution in [3.63, 3.8) is 0 Å². The molecule has 27 heavy (non-hydrogen) atoms. The lowest BCUT2D eigenvalue weighted by atomic mass is 9.92. The first-order valence-corrected chi connectivity index (χ1v) is 8.98. The van der Waals surface area contributed by atoms with Crippen molar-refractivity contribution in [1.82, 2.24) is 10.2 Å². The van der Waals surface area contributed by atoms with E-state index in [1.165, 1.54) is 18.1 Å². The molecule has 3 rings (SSSR count). The molecule has 1 aliphatic heterocycles. The quantitative estimate of drug-likeness (QED) is 0.622. The van der Waals surface area contributed by atoms with Gasteiger partial charge in [-0.1, -0.05) is 13.8 Å². The van der Waals surface area contributed by atoms with Crippen LogP contribution in [-0.2, 0) is 11.3 Å². The van der Waals surface area contributed by atoms with E-state index in [4.69, 9.17) is 9.15 Å². The van der Waals surface area contributed by atoms with Crippen molar-refractivity contribution in [3.8, 4) is 5.75 Å². The Hall–Kier alpha value is -2.83. The zero-order chi connectivity index (χ0) is 19.8. The number of benzene rings is 1. The molecular formula is C20H24N2O5. The van der Waals surface area contributed by atoms with E-state index in [-0.39, 0.29) is 12.5 Å². The van der Waals surface area contributed by atoms with Gasteiger partial charge in [-0.15, -0.1) is 0 Å². The molecule has 7 heteroatoms. The molecule has 1 aliphatic rings. The predicted molar refractivity (Wildman–Crippen MR) is 101 cm³/mol. The Morgan fingerprint density at radius 3 is 2.63 bits per heavy atom. The van der Waals surface area contributed by atoms with Crippen LogP contribution >= 0.6 is 0 Å². The molecule has 3 amide bonds. The number of methoxy groups -OCH3 is 1. The number of amides is 3. The molecule has 0 bridgehead atoms. The van der Waals surface area contributed by atoms with Gasteiger partial charge in [0.1, 0.15) is 16.9 Å². The van der Waals surface area contributed by atoms with E-state index in [1.807, 2.05) is 0 Å². The van der Waals surface area contributed by atoms with Crippen LogP contribution < -0.4 is 15.7 Å². The number of hydrogen-bond acceptors (Lipinski definition) is 5. The van der Waals surface area contributed by atoms with Gasteiger partial charge in [0.15, 0.2) is 0 Å². The fourth-order valence-corrected chi connectivity index (χ4v) is 3.28. The fraction of sp³-hybridized carbons (Fsp3) is 0.450. The molecule has 2 heterocycles. The van der Waals surface area contributed by atoms with Crippen LogP contribution in [0.1, 0.15) is 39.2 Å². The second kappa shape index (κ2) is 7.06. The molecule has 0 unspecified atom stereocenters. The van der Waals surface area contributed by atoms with Gasteiger partial charge in [0.05, 0.1) is 13.7 Å². The molecule has 1 fully saturated rings. The molecule has 1 atom stereocenters. The lowest BCUT2D eigenvalue weighted by Crippen LogP contribution is -2.44. The lowest BCUT2D eigenvalue weighted by Gasteiger charge is -2.22. The van der Waals surface area contributed by atoms with Gasteiger partial charge in [-0.25, -0.2) is 9.59 Å². The number of urea groups is 1. The van der Waals surface area contributed by atoms with Crippen LogP contribution in [0.15, 0.2) is 33.5 Å². The third kappa shape index (κ3) is 3.67. The largest absolute Gasteiger partial charge is 0.497 e. The molecule has 1 aromatic heterocycles. The molecule has 1 saturated heterocycles. The zero-order valence-corrected chi connectivity index (χ0v) is 16.0.